The first-order chi connectivity index (χ1) is 12.1. The molecule has 0 radical (unpaired) electrons. The van der Waals surface area contributed by atoms with Gasteiger partial charge in [0.15, 0.2) is 0 Å². The van der Waals surface area contributed by atoms with Crippen molar-refractivity contribution in [2.75, 3.05) is 6.61 Å². The summed E-state index contributed by atoms with van der Waals surface area (Å²) in [6.45, 7) is 0.130. The second kappa shape index (κ2) is 6.59. The third kappa shape index (κ3) is 3.18. The minimum atomic E-state index is -0.320. The molecule has 1 heterocycles. The van der Waals surface area contributed by atoms with Gasteiger partial charge in [0.1, 0.15) is 12.1 Å². The molecular weight excluding hydrogens is 323 g/mol. The van der Waals surface area contributed by atoms with Crippen LogP contribution in [0.4, 0.5) is 4.39 Å². The monoisotopic (exact) mass is 344 g/mol. The molecule has 4 atom stereocenters. The Morgan fingerprint density at radius 1 is 1.28 bits per heavy atom. The van der Waals surface area contributed by atoms with Gasteiger partial charge < -0.3 is 14.8 Å². The maximum atomic E-state index is 13.0. The van der Waals surface area contributed by atoms with E-state index in [1.807, 2.05) is 0 Å². The zero-order valence-electron chi connectivity index (χ0n) is 13.8. The highest BCUT2D eigenvalue weighted by molar-refractivity contribution is 5.78. The van der Waals surface area contributed by atoms with Crippen molar-refractivity contribution in [2.45, 2.75) is 31.7 Å². The Labute approximate surface area is 145 Å². The summed E-state index contributed by atoms with van der Waals surface area (Å²) < 4.78 is 18.4. The number of aromatic nitrogens is 1. The normalized spacial score (nSPS) is 27.6. The first-order valence-electron chi connectivity index (χ1n) is 8.74. The van der Waals surface area contributed by atoms with Crippen LogP contribution in [0.5, 0.6) is 0 Å². The van der Waals surface area contributed by atoms with Crippen LogP contribution in [-0.4, -0.2) is 28.6 Å². The van der Waals surface area contributed by atoms with E-state index in [9.17, 15) is 14.3 Å². The van der Waals surface area contributed by atoms with E-state index in [0.717, 1.165) is 19.3 Å². The Kier molecular flexibility index (Phi) is 4.29. The predicted octanol–water partition coefficient (Wildman–Crippen LogP) is 2.55. The van der Waals surface area contributed by atoms with Gasteiger partial charge in [0.05, 0.1) is 12.1 Å². The average Bonchev–Trinajstić information content (AvgIpc) is 3.31. The lowest BCUT2D eigenvalue weighted by Gasteiger charge is -2.30. The van der Waals surface area contributed by atoms with Crippen LogP contribution in [-0.2, 0) is 11.2 Å². The Bertz CT molecular complexity index is 758. The van der Waals surface area contributed by atoms with E-state index in [1.54, 1.807) is 12.1 Å². The van der Waals surface area contributed by atoms with Gasteiger partial charge in [-0.25, -0.2) is 9.37 Å². The van der Waals surface area contributed by atoms with Gasteiger partial charge in [-0.15, -0.1) is 0 Å². The molecule has 4 unspecified atom stereocenters. The van der Waals surface area contributed by atoms with Crippen LogP contribution in [0.2, 0.25) is 0 Å². The number of rotatable bonds is 5. The van der Waals surface area contributed by atoms with Crippen molar-refractivity contribution in [1.29, 1.82) is 0 Å². The number of carbonyl (C=O) groups is 1. The maximum Gasteiger partial charge on any atom is 0.226 e. The fourth-order valence-electron chi connectivity index (χ4n) is 4.41. The SMILES string of the molecule is O=C(Cc1coc(-c2ccc(F)cc2)n1)NC1C2CCC(C2)C1CO. The van der Waals surface area contributed by atoms with E-state index in [4.69, 9.17) is 4.42 Å². The largest absolute Gasteiger partial charge is 0.444 e. The lowest BCUT2D eigenvalue weighted by Crippen LogP contribution is -2.45. The third-order valence-electron chi connectivity index (χ3n) is 5.61. The van der Waals surface area contributed by atoms with Gasteiger partial charge in [0.2, 0.25) is 11.8 Å². The number of aliphatic hydroxyl groups excluding tert-OH is 1. The summed E-state index contributed by atoms with van der Waals surface area (Å²) in [6, 6.07) is 5.93. The summed E-state index contributed by atoms with van der Waals surface area (Å²) >= 11 is 0. The summed E-state index contributed by atoms with van der Waals surface area (Å²) in [5.41, 5.74) is 1.21. The molecule has 2 bridgehead atoms. The van der Waals surface area contributed by atoms with Crippen molar-refractivity contribution >= 4 is 5.91 Å². The molecule has 0 aliphatic heterocycles. The van der Waals surface area contributed by atoms with Crippen LogP contribution in [0, 0.1) is 23.6 Å². The molecule has 4 rings (SSSR count). The molecule has 2 fully saturated rings. The second-order valence-corrected chi connectivity index (χ2v) is 7.10. The van der Waals surface area contributed by atoms with Crippen molar-refractivity contribution in [3.8, 4) is 11.5 Å². The van der Waals surface area contributed by atoms with Crippen molar-refractivity contribution < 1.29 is 18.7 Å². The molecule has 0 saturated heterocycles. The summed E-state index contributed by atoms with van der Waals surface area (Å²) in [4.78, 5) is 16.7. The molecule has 2 aliphatic carbocycles. The quantitative estimate of drug-likeness (QED) is 0.874. The van der Waals surface area contributed by atoms with Crippen LogP contribution >= 0.6 is 0 Å². The van der Waals surface area contributed by atoms with Crippen LogP contribution in [0.15, 0.2) is 34.9 Å². The smallest absolute Gasteiger partial charge is 0.226 e. The third-order valence-corrected chi connectivity index (χ3v) is 5.61. The molecule has 2 saturated carbocycles. The van der Waals surface area contributed by atoms with E-state index >= 15 is 0 Å². The minimum absolute atomic E-state index is 0.0692. The number of amides is 1. The number of hydrogen-bond acceptors (Lipinski definition) is 4. The van der Waals surface area contributed by atoms with E-state index in [1.165, 1.54) is 18.4 Å². The Morgan fingerprint density at radius 2 is 2.04 bits per heavy atom. The first-order valence-corrected chi connectivity index (χ1v) is 8.74. The van der Waals surface area contributed by atoms with Gasteiger partial charge in [0.25, 0.3) is 0 Å². The number of fused-ring (bicyclic) bond motifs is 2. The number of benzene rings is 1. The van der Waals surface area contributed by atoms with E-state index < -0.39 is 0 Å². The summed E-state index contributed by atoms with van der Waals surface area (Å²) in [5.74, 6) is 1.15. The number of hydrogen-bond donors (Lipinski definition) is 2. The van der Waals surface area contributed by atoms with Gasteiger partial charge in [0, 0.05) is 24.1 Å². The van der Waals surface area contributed by atoms with Gasteiger partial charge >= 0.3 is 0 Å². The van der Waals surface area contributed by atoms with Gasteiger partial charge in [-0.2, -0.15) is 0 Å². The number of carbonyl (C=O) groups excluding carboxylic acids is 1. The van der Waals surface area contributed by atoms with E-state index in [0.29, 0.717) is 29.0 Å². The van der Waals surface area contributed by atoms with Gasteiger partial charge in [-0.3, -0.25) is 4.79 Å². The van der Waals surface area contributed by atoms with Crippen LogP contribution in [0.1, 0.15) is 25.0 Å². The number of nitrogens with zero attached hydrogens (tertiary/aromatic N) is 1. The fourth-order valence-corrected chi connectivity index (χ4v) is 4.41. The molecule has 0 spiro atoms. The topological polar surface area (TPSA) is 75.4 Å². The molecule has 2 aliphatic rings. The molecule has 6 heteroatoms. The summed E-state index contributed by atoms with van der Waals surface area (Å²) in [7, 11) is 0. The number of halogens is 1. The molecule has 2 N–H and O–H groups in total. The standard InChI is InChI=1S/C19H21FN2O3/c20-14-5-3-11(4-6-14)19-21-15(10-25-19)8-17(24)22-18-13-2-1-12(7-13)16(18)9-23/h3-6,10,12-13,16,18,23H,1-2,7-9H2,(H,22,24). The highest BCUT2D eigenvalue weighted by atomic mass is 19.1. The molecular formula is C19H21FN2O3. The van der Waals surface area contributed by atoms with Gasteiger partial charge in [-0.1, -0.05) is 0 Å². The molecule has 1 amide bonds. The van der Waals surface area contributed by atoms with Crippen molar-refractivity contribution in [2.24, 2.45) is 17.8 Å². The molecule has 1 aromatic carbocycles. The summed E-state index contributed by atoms with van der Waals surface area (Å²) in [6.07, 6.45) is 4.99. The second-order valence-electron chi connectivity index (χ2n) is 7.10. The molecule has 5 nitrogen and oxygen atoms in total. The summed E-state index contributed by atoms with van der Waals surface area (Å²) in [5, 5.41) is 12.7. The lowest BCUT2D eigenvalue weighted by molar-refractivity contribution is -0.122. The zero-order valence-corrected chi connectivity index (χ0v) is 13.8. The minimum Gasteiger partial charge on any atom is -0.444 e. The molecule has 25 heavy (non-hydrogen) atoms. The number of oxazole rings is 1. The van der Waals surface area contributed by atoms with Crippen LogP contribution in [0.3, 0.4) is 0 Å². The van der Waals surface area contributed by atoms with E-state index in [-0.39, 0.29) is 36.7 Å². The average molecular weight is 344 g/mol. The van der Waals surface area contributed by atoms with Crippen LogP contribution in [0.25, 0.3) is 11.5 Å². The predicted molar refractivity (Wildman–Crippen MR) is 88.9 cm³/mol. The highest BCUT2D eigenvalue weighted by Crippen LogP contribution is 2.48. The molecule has 1 aromatic heterocycles. The number of aliphatic hydroxyl groups is 1. The van der Waals surface area contributed by atoms with Gasteiger partial charge in [-0.05, 0) is 55.4 Å². The zero-order chi connectivity index (χ0) is 17.4. The lowest BCUT2D eigenvalue weighted by atomic mass is 9.85. The van der Waals surface area contributed by atoms with Crippen LogP contribution < -0.4 is 5.32 Å². The first kappa shape index (κ1) is 16.3. The maximum absolute atomic E-state index is 13.0. The van der Waals surface area contributed by atoms with Crippen molar-refractivity contribution in [3.05, 3.63) is 42.0 Å². The molecule has 2 aromatic rings. The van der Waals surface area contributed by atoms with E-state index in [2.05, 4.69) is 10.3 Å². The highest BCUT2D eigenvalue weighted by Gasteiger charge is 2.47. The molecule has 132 valence electrons. The Morgan fingerprint density at radius 3 is 2.80 bits per heavy atom. The fraction of sp³-hybridized carbons (Fsp3) is 0.474. The van der Waals surface area contributed by atoms with Crippen molar-refractivity contribution in [1.82, 2.24) is 10.3 Å². The number of nitrogens with one attached hydrogen (secondary N) is 1. The van der Waals surface area contributed by atoms with Crippen molar-refractivity contribution in [3.63, 3.8) is 0 Å². The Balaban J connectivity index is 1.39. The Hall–Kier alpha value is -2.21.